The Morgan fingerprint density at radius 1 is 1.20 bits per heavy atom. The van der Waals surface area contributed by atoms with E-state index in [1.54, 1.807) is 0 Å². The molecule has 0 saturated carbocycles. The van der Waals surface area contributed by atoms with Gasteiger partial charge in [0.1, 0.15) is 10.7 Å². The molecule has 4 nitrogen and oxygen atoms in total. The molecule has 2 aromatic rings. The fraction of sp³-hybridized carbons (Fsp3) is 0.0769. The highest BCUT2D eigenvalue weighted by Crippen LogP contribution is 2.28. The van der Waals surface area contributed by atoms with Gasteiger partial charge in [-0.25, -0.2) is 12.8 Å². The first-order valence-electron chi connectivity index (χ1n) is 5.62. The smallest absolute Gasteiger partial charge is 0.265 e. The lowest BCUT2D eigenvalue weighted by Gasteiger charge is -2.20. The number of nitrogen functional groups attached to an aromatic ring is 1. The maximum atomic E-state index is 13.2. The van der Waals surface area contributed by atoms with Gasteiger partial charge in [-0.05, 0) is 36.4 Å². The SMILES string of the molecule is CN(c1cccc(F)c1)S(=O)(=O)c1ccc(N)cc1Cl. The quantitative estimate of drug-likeness (QED) is 0.886. The van der Waals surface area contributed by atoms with Crippen LogP contribution in [0.15, 0.2) is 47.4 Å². The van der Waals surface area contributed by atoms with E-state index in [4.69, 9.17) is 17.3 Å². The van der Waals surface area contributed by atoms with Crippen LogP contribution in [0.4, 0.5) is 15.8 Å². The molecule has 106 valence electrons. The van der Waals surface area contributed by atoms with Crippen LogP contribution < -0.4 is 10.0 Å². The molecular weight excluding hydrogens is 303 g/mol. The number of anilines is 2. The Bertz CT molecular complexity index is 750. The highest BCUT2D eigenvalue weighted by Gasteiger charge is 2.24. The van der Waals surface area contributed by atoms with E-state index in [-0.39, 0.29) is 15.6 Å². The minimum atomic E-state index is -3.88. The summed E-state index contributed by atoms with van der Waals surface area (Å²) in [6.07, 6.45) is 0. The maximum Gasteiger partial charge on any atom is 0.265 e. The van der Waals surface area contributed by atoms with E-state index in [0.717, 1.165) is 10.4 Å². The second-order valence-electron chi connectivity index (χ2n) is 4.14. The molecule has 0 amide bonds. The van der Waals surface area contributed by atoms with Crippen LogP contribution in [0.3, 0.4) is 0 Å². The van der Waals surface area contributed by atoms with E-state index in [1.165, 1.54) is 43.4 Å². The largest absolute Gasteiger partial charge is 0.399 e. The van der Waals surface area contributed by atoms with Crippen molar-refractivity contribution in [1.29, 1.82) is 0 Å². The monoisotopic (exact) mass is 314 g/mol. The molecule has 20 heavy (non-hydrogen) atoms. The van der Waals surface area contributed by atoms with Gasteiger partial charge in [-0.3, -0.25) is 4.31 Å². The molecule has 0 fully saturated rings. The Morgan fingerprint density at radius 3 is 2.50 bits per heavy atom. The summed E-state index contributed by atoms with van der Waals surface area (Å²) < 4.78 is 39.1. The van der Waals surface area contributed by atoms with Crippen molar-refractivity contribution in [1.82, 2.24) is 0 Å². The molecule has 0 aliphatic carbocycles. The van der Waals surface area contributed by atoms with E-state index in [0.29, 0.717) is 5.69 Å². The second-order valence-corrected chi connectivity index (χ2v) is 6.49. The third kappa shape index (κ3) is 2.71. The van der Waals surface area contributed by atoms with E-state index in [9.17, 15) is 12.8 Å². The molecule has 0 saturated heterocycles. The average molecular weight is 315 g/mol. The van der Waals surface area contributed by atoms with Crippen LogP contribution in [-0.2, 0) is 10.0 Å². The molecule has 0 aliphatic heterocycles. The standard InChI is InChI=1S/C13H12ClFN2O2S/c1-17(11-4-2-3-9(15)7-11)20(18,19)13-6-5-10(16)8-12(13)14/h2-8H,16H2,1H3. The maximum absolute atomic E-state index is 13.2. The van der Waals surface area contributed by atoms with Crippen molar-refractivity contribution in [2.24, 2.45) is 0 Å². The second kappa shape index (κ2) is 5.30. The first-order chi connectivity index (χ1) is 9.32. The average Bonchev–Trinajstić information content (AvgIpc) is 2.37. The predicted octanol–water partition coefficient (Wildman–Crippen LogP) is 2.89. The van der Waals surface area contributed by atoms with Gasteiger partial charge < -0.3 is 5.73 Å². The molecular formula is C13H12ClFN2O2S. The van der Waals surface area contributed by atoms with E-state index >= 15 is 0 Å². The van der Waals surface area contributed by atoms with Gasteiger partial charge in [0, 0.05) is 12.7 Å². The lowest BCUT2D eigenvalue weighted by atomic mass is 10.3. The van der Waals surface area contributed by atoms with Crippen molar-refractivity contribution in [3.05, 3.63) is 53.3 Å². The minimum Gasteiger partial charge on any atom is -0.399 e. The van der Waals surface area contributed by atoms with Crippen molar-refractivity contribution in [3.63, 3.8) is 0 Å². The van der Waals surface area contributed by atoms with Gasteiger partial charge in [0.25, 0.3) is 10.0 Å². The van der Waals surface area contributed by atoms with E-state index in [1.807, 2.05) is 0 Å². The summed E-state index contributed by atoms with van der Waals surface area (Å²) in [5, 5.41) is 0.0215. The van der Waals surface area contributed by atoms with E-state index < -0.39 is 15.8 Å². The summed E-state index contributed by atoms with van der Waals surface area (Å²) in [5.41, 5.74) is 6.11. The molecule has 7 heteroatoms. The molecule has 0 aliphatic rings. The molecule has 0 spiro atoms. The number of hydrogen-bond donors (Lipinski definition) is 1. The molecule has 0 bridgehead atoms. The first-order valence-corrected chi connectivity index (χ1v) is 7.43. The number of benzene rings is 2. The lowest BCUT2D eigenvalue weighted by molar-refractivity contribution is 0.594. The number of sulfonamides is 1. The van der Waals surface area contributed by atoms with Crippen molar-refractivity contribution in [2.75, 3.05) is 17.1 Å². The van der Waals surface area contributed by atoms with Gasteiger partial charge in [-0.1, -0.05) is 17.7 Å². The Hall–Kier alpha value is -1.79. The van der Waals surface area contributed by atoms with E-state index in [2.05, 4.69) is 0 Å². The number of nitrogens with two attached hydrogens (primary N) is 1. The van der Waals surface area contributed by atoms with Gasteiger partial charge in [0.15, 0.2) is 0 Å². The molecule has 2 aromatic carbocycles. The van der Waals surface area contributed by atoms with Crippen molar-refractivity contribution < 1.29 is 12.8 Å². The van der Waals surface area contributed by atoms with Crippen LogP contribution in [0.25, 0.3) is 0 Å². The Morgan fingerprint density at radius 2 is 1.90 bits per heavy atom. The number of rotatable bonds is 3. The summed E-state index contributed by atoms with van der Waals surface area (Å²) in [5.74, 6) is -0.520. The van der Waals surface area contributed by atoms with Crippen LogP contribution >= 0.6 is 11.6 Å². The van der Waals surface area contributed by atoms with Gasteiger partial charge in [0.2, 0.25) is 0 Å². The van der Waals surface area contributed by atoms with Crippen LogP contribution in [0, 0.1) is 5.82 Å². The lowest BCUT2D eigenvalue weighted by Crippen LogP contribution is -2.26. The van der Waals surface area contributed by atoms with Gasteiger partial charge in [-0.2, -0.15) is 0 Å². The fourth-order valence-electron chi connectivity index (χ4n) is 1.68. The van der Waals surface area contributed by atoms with Gasteiger partial charge in [-0.15, -0.1) is 0 Å². The third-order valence-electron chi connectivity index (χ3n) is 2.77. The molecule has 0 heterocycles. The highest BCUT2D eigenvalue weighted by atomic mass is 35.5. The van der Waals surface area contributed by atoms with Gasteiger partial charge >= 0.3 is 0 Å². The topological polar surface area (TPSA) is 63.4 Å². The summed E-state index contributed by atoms with van der Waals surface area (Å²) >= 11 is 5.92. The fourth-order valence-corrected chi connectivity index (χ4v) is 3.40. The summed E-state index contributed by atoms with van der Waals surface area (Å²) in [6, 6.07) is 9.41. The number of nitrogens with zero attached hydrogens (tertiary/aromatic N) is 1. The van der Waals surface area contributed by atoms with Crippen LogP contribution in [-0.4, -0.2) is 15.5 Å². The van der Waals surface area contributed by atoms with Gasteiger partial charge in [0.05, 0.1) is 10.7 Å². The molecule has 2 N–H and O–H groups in total. The molecule has 2 rings (SSSR count). The highest BCUT2D eigenvalue weighted by molar-refractivity contribution is 7.93. The van der Waals surface area contributed by atoms with Crippen molar-refractivity contribution >= 4 is 33.0 Å². The molecule has 0 radical (unpaired) electrons. The zero-order valence-electron chi connectivity index (χ0n) is 10.5. The van der Waals surface area contributed by atoms with Crippen LogP contribution in [0.1, 0.15) is 0 Å². The summed E-state index contributed by atoms with van der Waals surface area (Å²) in [7, 11) is -2.55. The van der Waals surface area contributed by atoms with Crippen molar-refractivity contribution in [3.8, 4) is 0 Å². The van der Waals surface area contributed by atoms with Crippen molar-refractivity contribution in [2.45, 2.75) is 4.90 Å². The van der Waals surface area contributed by atoms with Crippen LogP contribution in [0.2, 0.25) is 5.02 Å². The van der Waals surface area contributed by atoms with Crippen LogP contribution in [0.5, 0.6) is 0 Å². The zero-order valence-corrected chi connectivity index (χ0v) is 12.1. The summed E-state index contributed by atoms with van der Waals surface area (Å²) in [6.45, 7) is 0. The number of halogens is 2. The normalized spacial score (nSPS) is 11.3. The molecule has 0 unspecified atom stereocenters. The summed E-state index contributed by atoms with van der Waals surface area (Å²) in [4.78, 5) is -0.0832. The number of hydrogen-bond acceptors (Lipinski definition) is 3. The molecule has 0 aromatic heterocycles. The third-order valence-corrected chi connectivity index (χ3v) is 5.03. The Labute approximate surface area is 121 Å². The minimum absolute atomic E-state index is 0.0215. The Kier molecular flexibility index (Phi) is 3.87. The first kappa shape index (κ1) is 14.6. The Balaban J connectivity index is 2.49. The molecule has 0 atom stereocenters. The predicted molar refractivity (Wildman–Crippen MR) is 77.9 cm³/mol. The zero-order chi connectivity index (χ0) is 14.9.